The van der Waals surface area contributed by atoms with Crippen molar-refractivity contribution in [1.82, 2.24) is 15.1 Å². The molecule has 2 unspecified atom stereocenters. The number of aliphatic hydroxyl groups is 1. The number of aromatic nitrogens is 2. The van der Waals surface area contributed by atoms with Gasteiger partial charge in [0.2, 0.25) is 0 Å². The molecule has 7 nitrogen and oxygen atoms in total. The molecule has 3 N–H and O–H groups in total. The monoisotopic (exact) mass is 322 g/mol. The number of nitrogens with zero attached hydrogens (tertiary/aromatic N) is 2. The fourth-order valence-corrected chi connectivity index (χ4v) is 3.62. The molecule has 1 saturated heterocycles. The van der Waals surface area contributed by atoms with Crippen LogP contribution in [0.5, 0.6) is 0 Å². The van der Waals surface area contributed by atoms with Gasteiger partial charge in [-0.2, -0.15) is 5.10 Å². The zero-order valence-electron chi connectivity index (χ0n) is 13.8. The van der Waals surface area contributed by atoms with Gasteiger partial charge in [-0.05, 0) is 25.2 Å². The van der Waals surface area contributed by atoms with Gasteiger partial charge in [-0.1, -0.05) is 13.8 Å². The highest BCUT2D eigenvalue weighted by molar-refractivity contribution is 5.88. The number of hydrogen-bond donors (Lipinski definition) is 3. The zero-order chi connectivity index (χ0) is 16.5. The van der Waals surface area contributed by atoms with Gasteiger partial charge >= 0.3 is 6.03 Å². The third kappa shape index (κ3) is 3.35. The number of hydrogen-bond acceptors (Lipinski definition) is 4. The fraction of sp³-hybridized carbons (Fsp3) is 0.750. The largest absolute Gasteiger partial charge is 0.396 e. The van der Waals surface area contributed by atoms with E-state index in [1.807, 2.05) is 0 Å². The molecule has 0 aromatic carbocycles. The molecule has 2 heterocycles. The number of nitrogens with one attached hydrogen (secondary N) is 2. The van der Waals surface area contributed by atoms with Gasteiger partial charge in [0.1, 0.15) is 5.82 Å². The van der Waals surface area contributed by atoms with Crippen LogP contribution in [0, 0.1) is 11.3 Å². The number of urea groups is 1. The van der Waals surface area contributed by atoms with Crippen molar-refractivity contribution < 1.29 is 14.6 Å². The SMILES string of the molecule is CC(C)Cn1nccc1NC(=O)NCC12CCC(CO)(CO1)C2. The van der Waals surface area contributed by atoms with E-state index in [9.17, 15) is 9.90 Å². The van der Waals surface area contributed by atoms with Gasteiger partial charge in [-0.25, -0.2) is 9.48 Å². The molecule has 1 aromatic rings. The summed E-state index contributed by atoms with van der Waals surface area (Å²) in [7, 11) is 0. The van der Waals surface area contributed by atoms with Crippen LogP contribution in [0.1, 0.15) is 33.1 Å². The van der Waals surface area contributed by atoms with E-state index < -0.39 is 0 Å². The van der Waals surface area contributed by atoms with Gasteiger partial charge in [0, 0.05) is 24.6 Å². The molecule has 3 rings (SSSR count). The molecule has 2 fully saturated rings. The molecule has 23 heavy (non-hydrogen) atoms. The maximum absolute atomic E-state index is 12.2. The number of rotatable bonds is 6. The Labute approximate surface area is 136 Å². The van der Waals surface area contributed by atoms with Crippen molar-refractivity contribution in [2.45, 2.75) is 45.3 Å². The number of fused-ring (bicyclic) bond motifs is 2. The van der Waals surface area contributed by atoms with E-state index in [2.05, 4.69) is 29.6 Å². The Kier molecular flexibility index (Phi) is 4.33. The van der Waals surface area contributed by atoms with Crippen LogP contribution in [0.15, 0.2) is 12.3 Å². The Morgan fingerprint density at radius 2 is 2.35 bits per heavy atom. The summed E-state index contributed by atoms with van der Waals surface area (Å²) in [5, 5.41) is 19.5. The molecule has 2 aliphatic rings. The molecule has 1 aliphatic heterocycles. The Balaban J connectivity index is 1.52. The van der Waals surface area contributed by atoms with Gasteiger partial charge < -0.3 is 15.2 Å². The predicted octanol–water partition coefficient (Wildman–Crippen LogP) is 1.59. The van der Waals surface area contributed by atoms with Crippen LogP contribution < -0.4 is 10.6 Å². The molecule has 2 atom stereocenters. The first-order valence-corrected chi connectivity index (χ1v) is 8.27. The zero-order valence-corrected chi connectivity index (χ0v) is 13.8. The van der Waals surface area contributed by atoms with E-state index >= 15 is 0 Å². The topological polar surface area (TPSA) is 88.4 Å². The molecule has 2 amide bonds. The van der Waals surface area contributed by atoms with Crippen LogP contribution in [0.4, 0.5) is 10.6 Å². The van der Waals surface area contributed by atoms with Crippen molar-refractivity contribution >= 4 is 11.8 Å². The summed E-state index contributed by atoms with van der Waals surface area (Å²) in [6.45, 7) is 6.20. The lowest BCUT2D eigenvalue weighted by Crippen LogP contribution is -2.43. The van der Waals surface area contributed by atoms with Gasteiger partial charge in [0.15, 0.2) is 0 Å². The average molecular weight is 322 g/mol. The Hall–Kier alpha value is -1.60. The first-order chi connectivity index (χ1) is 11.0. The van der Waals surface area contributed by atoms with E-state index in [1.54, 1.807) is 16.9 Å². The molecule has 2 bridgehead atoms. The maximum Gasteiger partial charge on any atom is 0.320 e. The van der Waals surface area contributed by atoms with Crippen molar-refractivity contribution in [3.63, 3.8) is 0 Å². The van der Waals surface area contributed by atoms with Gasteiger partial charge in [-0.15, -0.1) is 0 Å². The first-order valence-electron chi connectivity index (χ1n) is 8.27. The predicted molar refractivity (Wildman–Crippen MR) is 86.1 cm³/mol. The second-order valence-corrected chi connectivity index (χ2v) is 7.41. The molecule has 0 radical (unpaired) electrons. The van der Waals surface area contributed by atoms with Gasteiger partial charge in [0.25, 0.3) is 0 Å². The molecule has 1 saturated carbocycles. The third-order valence-electron chi connectivity index (χ3n) is 4.90. The van der Waals surface area contributed by atoms with Crippen molar-refractivity contribution in [3.8, 4) is 0 Å². The van der Waals surface area contributed by atoms with E-state index in [0.29, 0.717) is 24.9 Å². The summed E-state index contributed by atoms with van der Waals surface area (Å²) in [6, 6.07) is 1.54. The normalized spacial score (nSPS) is 29.2. The van der Waals surface area contributed by atoms with Crippen LogP contribution in [0.3, 0.4) is 0 Å². The van der Waals surface area contributed by atoms with Crippen LogP contribution in [-0.2, 0) is 11.3 Å². The minimum Gasteiger partial charge on any atom is -0.396 e. The van der Waals surface area contributed by atoms with Crippen LogP contribution in [0.2, 0.25) is 0 Å². The lowest BCUT2D eigenvalue weighted by atomic mass is 9.89. The number of anilines is 1. The summed E-state index contributed by atoms with van der Waals surface area (Å²) < 4.78 is 7.67. The molecular weight excluding hydrogens is 296 g/mol. The fourth-order valence-electron chi connectivity index (χ4n) is 3.62. The second-order valence-electron chi connectivity index (χ2n) is 7.41. The number of carbonyl (C=O) groups is 1. The van der Waals surface area contributed by atoms with E-state index in [1.165, 1.54) is 0 Å². The quantitative estimate of drug-likeness (QED) is 0.742. The Morgan fingerprint density at radius 1 is 1.52 bits per heavy atom. The van der Waals surface area contributed by atoms with Crippen molar-refractivity contribution in [3.05, 3.63) is 12.3 Å². The second kappa shape index (κ2) is 6.13. The summed E-state index contributed by atoms with van der Waals surface area (Å²) in [5.41, 5.74) is -0.397. The molecular formula is C16H26N4O3. The van der Waals surface area contributed by atoms with E-state index in [0.717, 1.165) is 25.8 Å². The smallest absolute Gasteiger partial charge is 0.320 e. The lowest BCUT2D eigenvalue weighted by molar-refractivity contribution is -0.0331. The van der Waals surface area contributed by atoms with Crippen molar-refractivity contribution in [2.24, 2.45) is 11.3 Å². The molecule has 7 heteroatoms. The third-order valence-corrected chi connectivity index (χ3v) is 4.90. The highest BCUT2D eigenvalue weighted by atomic mass is 16.5. The highest BCUT2D eigenvalue weighted by Crippen LogP contribution is 2.52. The van der Waals surface area contributed by atoms with Gasteiger partial charge in [0.05, 0.1) is 25.0 Å². The Bertz CT molecular complexity index is 561. The van der Waals surface area contributed by atoms with Crippen LogP contribution in [-0.4, -0.2) is 46.3 Å². The summed E-state index contributed by atoms with van der Waals surface area (Å²) in [5.74, 6) is 1.14. The van der Waals surface area contributed by atoms with Crippen LogP contribution in [0.25, 0.3) is 0 Å². The number of ether oxygens (including phenoxy) is 1. The minimum atomic E-state index is -0.307. The summed E-state index contributed by atoms with van der Waals surface area (Å²) in [6.07, 6.45) is 4.36. The minimum absolute atomic E-state index is 0.0892. The molecule has 1 aromatic heterocycles. The molecule has 0 spiro atoms. The average Bonchev–Trinajstić information content (AvgIpc) is 3.20. The first kappa shape index (κ1) is 16.3. The van der Waals surface area contributed by atoms with E-state index in [-0.39, 0.29) is 23.7 Å². The van der Waals surface area contributed by atoms with E-state index in [4.69, 9.17) is 4.74 Å². The van der Waals surface area contributed by atoms with Crippen molar-refractivity contribution in [1.29, 1.82) is 0 Å². The highest BCUT2D eigenvalue weighted by Gasteiger charge is 2.55. The number of amides is 2. The summed E-state index contributed by atoms with van der Waals surface area (Å²) >= 11 is 0. The standard InChI is InChI=1S/C16H26N4O3/c1-12(2)7-20-13(3-6-18-20)19-14(22)17-9-16-5-4-15(8-16,10-21)11-23-16/h3,6,12,21H,4-5,7-11H2,1-2H3,(H2,17,19,22). The van der Waals surface area contributed by atoms with Gasteiger partial charge in [-0.3, -0.25) is 5.32 Å². The summed E-state index contributed by atoms with van der Waals surface area (Å²) in [4.78, 5) is 12.2. The van der Waals surface area contributed by atoms with Crippen molar-refractivity contribution in [2.75, 3.05) is 25.1 Å². The molecule has 128 valence electrons. The maximum atomic E-state index is 12.2. The van der Waals surface area contributed by atoms with Crippen LogP contribution >= 0.6 is 0 Å². The number of aliphatic hydroxyl groups excluding tert-OH is 1. The lowest BCUT2D eigenvalue weighted by Gasteiger charge is -2.28. The Morgan fingerprint density at radius 3 is 2.96 bits per heavy atom. The number of carbonyl (C=O) groups excluding carboxylic acids is 1. The molecule has 1 aliphatic carbocycles.